The largest absolute Gasteiger partial charge is 0.308 e. The van der Waals surface area contributed by atoms with E-state index < -0.39 is 0 Å². The van der Waals surface area contributed by atoms with Crippen LogP contribution in [-0.2, 0) is 6.42 Å². The molecule has 3 heteroatoms. The summed E-state index contributed by atoms with van der Waals surface area (Å²) in [7, 11) is 0. The lowest BCUT2D eigenvalue weighted by molar-refractivity contribution is 0.641. The Bertz CT molecular complexity index is 472. The van der Waals surface area contributed by atoms with Gasteiger partial charge in [-0.15, -0.1) is 11.3 Å². The van der Waals surface area contributed by atoms with E-state index in [9.17, 15) is 0 Å². The Hall–Kier alpha value is -1.19. The van der Waals surface area contributed by atoms with Crippen molar-refractivity contribution in [1.82, 2.24) is 10.3 Å². The van der Waals surface area contributed by atoms with E-state index in [2.05, 4.69) is 41.0 Å². The number of nitrogens with one attached hydrogen (secondary N) is 1. The summed E-state index contributed by atoms with van der Waals surface area (Å²) in [5, 5.41) is 6.95. The first-order valence-electron chi connectivity index (χ1n) is 6.13. The van der Waals surface area contributed by atoms with Crippen LogP contribution < -0.4 is 5.32 Å². The molecule has 1 saturated heterocycles. The fourth-order valence-corrected chi connectivity index (χ4v) is 3.19. The molecule has 1 aliphatic heterocycles. The molecule has 1 aliphatic rings. The van der Waals surface area contributed by atoms with Gasteiger partial charge in [-0.2, -0.15) is 0 Å². The molecule has 17 heavy (non-hydrogen) atoms. The summed E-state index contributed by atoms with van der Waals surface area (Å²) < 4.78 is 0. The van der Waals surface area contributed by atoms with Crippen molar-refractivity contribution in [2.24, 2.45) is 0 Å². The van der Waals surface area contributed by atoms with E-state index in [4.69, 9.17) is 4.98 Å². The Balaban J connectivity index is 1.72. The summed E-state index contributed by atoms with van der Waals surface area (Å²) >= 11 is 1.79. The number of hydrogen-bond acceptors (Lipinski definition) is 3. The molecule has 0 amide bonds. The molecule has 3 rings (SSSR count). The van der Waals surface area contributed by atoms with E-state index in [1.54, 1.807) is 11.3 Å². The molecule has 2 heterocycles. The minimum absolute atomic E-state index is 0.504. The minimum Gasteiger partial charge on any atom is -0.308 e. The van der Waals surface area contributed by atoms with Crippen LogP contribution in [-0.4, -0.2) is 11.5 Å². The first kappa shape index (κ1) is 10.9. The van der Waals surface area contributed by atoms with E-state index in [0.717, 1.165) is 13.0 Å². The maximum atomic E-state index is 4.74. The van der Waals surface area contributed by atoms with Gasteiger partial charge in [-0.05, 0) is 24.9 Å². The van der Waals surface area contributed by atoms with Crippen LogP contribution in [0.1, 0.15) is 35.1 Å². The van der Waals surface area contributed by atoms with E-state index in [1.807, 2.05) is 0 Å². The smallest absolute Gasteiger partial charge is 0.110 e. The zero-order chi connectivity index (χ0) is 11.5. The lowest BCUT2D eigenvalue weighted by Gasteiger charge is -2.04. The van der Waals surface area contributed by atoms with Crippen molar-refractivity contribution < 1.29 is 0 Å². The third-order valence-electron chi connectivity index (χ3n) is 3.16. The molecule has 2 aromatic rings. The first-order chi connectivity index (χ1) is 8.42. The van der Waals surface area contributed by atoms with Crippen LogP contribution >= 0.6 is 11.3 Å². The fraction of sp³-hybridized carbons (Fsp3) is 0.357. The Morgan fingerprint density at radius 1 is 1.29 bits per heavy atom. The summed E-state index contributed by atoms with van der Waals surface area (Å²) in [6, 6.07) is 11.0. The average Bonchev–Trinajstić information content (AvgIpc) is 3.00. The highest BCUT2D eigenvalue weighted by Crippen LogP contribution is 2.26. The number of benzene rings is 1. The monoisotopic (exact) mass is 244 g/mol. The van der Waals surface area contributed by atoms with Crippen molar-refractivity contribution in [2.45, 2.75) is 25.3 Å². The molecule has 1 atom stereocenters. The molecule has 0 radical (unpaired) electrons. The van der Waals surface area contributed by atoms with Crippen molar-refractivity contribution in [3.05, 3.63) is 52.0 Å². The topological polar surface area (TPSA) is 24.9 Å². The van der Waals surface area contributed by atoms with Crippen LogP contribution in [0.3, 0.4) is 0 Å². The van der Waals surface area contributed by atoms with Crippen molar-refractivity contribution in [1.29, 1.82) is 0 Å². The zero-order valence-corrected chi connectivity index (χ0v) is 10.5. The molecule has 1 N–H and O–H groups in total. The van der Waals surface area contributed by atoms with Crippen molar-refractivity contribution in [3.8, 4) is 0 Å². The highest BCUT2D eigenvalue weighted by Gasteiger charge is 2.19. The third-order valence-corrected chi connectivity index (χ3v) is 4.16. The van der Waals surface area contributed by atoms with Gasteiger partial charge in [0.05, 0.1) is 11.7 Å². The third kappa shape index (κ3) is 2.56. The standard InChI is InChI=1S/C14H16N2S/c1-2-5-11(6-3-1)9-12-10-17-14(16-12)13-7-4-8-15-13/h1-3,5-6,10,13,15H,4,7-9H2. The van der Waals surface area contributed by atoms with Gasteiger partial charge in [-0.25, -0.2) is 4.98 Å². The normalized spacial score (nSPS) is 19.6. The van der Waals surface area contributed by atoms with Crippen LogP contribution in [0.25, 0.3) is 0 Å². The summed E-state index contributed by atoms with van der Waals surface area (Å²) in [6.07, 6.45) is 3.46. The lowest BCUT2D eigenvalue weighted by atomic mass is 10.1. The average molecular weight is 244 g/mol. The van der Waals surface area contributed by atoms with Gasteiger partial charge in [0.1, 0.15) is 5.01 Å². The Kier molecular flexibility index (Phi) is 3.20. The molecular formula is C14H16N2S. The van der Waals surface area contributed by atoms with Gasteiger partial charge in [0.2, 0.25) is 0 Å². The van der Waals surface area contributed by atoms with E-state index in [-0.39, 0.29) is 0 Å². The summed E-state index contributed by atoms with van der Waals surface area (Å²) in [5.41, 5.74) is 2.54. The van der Waals surface area contributed by atoms with Crippen molar-refractivity contribution in [2.75, 3.05) is 6.54 Å². The van der Waals surface area contributed by atoms with E-state index in [0.29, 0.717) is 6.04 Å². The first-order valence-corrected chi connectivity index (χ1v) is 7.01. The van der Waals surface area contributed by atoms with Crippen LogP contribution in [0.2, 0.25) is 0 Å². The predicted octanol–water partition coefficient (Wildman–Crippen LogP) is 3.16. The van der Waals surface area contributed by atoms with Crippen molar-refractivity contribution >= 4 is 11.3 Å². The van der Waals surface area contributed by atoms with Gasteiger partial charge in [0.25, 0.3) is 0 Å². The van der Waals surface area contributed by atoms with Crippen LogP contribution in [0.5, 0.6) is 0 Å². The highest BCUT2D eigenvalue weighted by atomic mass is 32.1. The van der Waals surface area contributed by atoms with Crippen LogP contribution in [0, 0.1) is 0 Å². The van der Waals surface area contributed by atoms with Gasteiger partial charge in [-0.1, -0.05) is 30.3 Å². The molecule has 88 valence electrons. The molecule has 2 nitrogen and oxygen atoms in total. The minimum atomic E-state index is 0.504. The predicted molar refractivity (Wildman–Crippen MR) is 71.3 cm³/mol. The van der Waals surface area contributed by atoms with E-state index in [1.165, 1.54) is 29.1 Å². The second-order valence-electron chi connectivity index (χ2n) is 4.49. The van der Waals surface area contributed by atoms with Gasteiger partial charge >= 0.3 is 0 Å². The van der Waals surface area contributed by atoms with Crippen LogP contribution in [0.15, 0.2) is 35.7 Å². The molecule has 0 saturated carbocycles. The van der Waals surface area contributed by atoms with Gasteiger partial charge in [0, 0.05) is 11.8 Å². The van der Waals surface area contributed by atoms with E-state index >= 15 is 0 Å². The second-order valence-corrected chi connectivity index (χ2v) is 5.38. The number of hydrogen-bond donors (Lipinski definition) is 1. The molecule has 0 aliphatic carbocycles. The molecular weight excluding hydrogens is 228 g/mol. The number of thiazole rings is 1. The van der Waals surface area contributed by atoms with Crippen molar-refractivity contribution in [3.63, 3.8) is 0 Å². The van der Waals surface area contributed by atoms with Gasteiger partial charge in [-0.3, -0.25) is 0 Å². The molecule has 1 aromatic heterocycles. The number of aromatic nitrogens is 1. The summed E-state index contributed by atoms with van der Waals surface area (Å²) in [4.78, 5) is 4.74. The summed E-state index contributed by atoms with van der Waals surface area (Å²) in [5.74, 6) is 0. The SMILES string of the molecule is c1ccc(Cc2csc(C3CCCN3)n2)cc1. The molecule has 1 fully saturated rings. The zero-order valence-electron chi connectivity index (χ0n) is 9.73. The van der Waals surface area contributed by atoms with Gasteiger partial charge in [0.15, 0.2) is 0 Å². The Morgan fingerprint density at radius 3 is 2.94 bits per heavy atom. The molecule has 1 aromatic carbocycles. The molecule has 0 spiro atoms. The maximum Gasteiger partial charge on any atom is 0.110 e. The Labute approximate surface area is 106 Å². The maximum absolute atomic E-state index is 4.74. The van der Waals surface area contributed by atoms with Gasteiger partial charge < -0.3 is 5.32 Å². The fourth-order valence-electron chi connectivity index (χ4n) is 2.26. The number of rotatable bonds is 3. The molecule has 1 unspecified atom stereocenters. The van der Waals surface area contributed by atoms with Crippen LogP contribution in [0.4, 0.5) is 0 Å². The number of nitrogens with zero attached hydrogens (tertiary/aromatic N) is 1. The summed E-state index contributed by atoms with van der Waals surface area (Å²) in [6.45, 7) is 1.14. The second kappa shape index (κ2) is 4.98. The lowest BCUT2D eigenvalue weighted by Crippen LogP contribution is -2.12. The molecule has 0 bridgehead atoms. The highest BCUT2D eigenvalue weighted by molar-refractivity contribution is 7.09. The quantitative estimate of drug-likeness (QED) is 0.897. The Morgan fingerprint density at radius 2 is 2.18 bits per heavy atom.